The Hall–Kier alpha value is -2.97. The van der Waals surface area contributed by atoms with Crippen molar-refractivity contribution >= 4 is 28.7 Å². The van der Waals surface area contributed by atoms with Gasteiger partial charge in [0.25, 0.3) is 5.91 Å². The number of aromatic nitrogens is 2. The molecule has 1 amide bonds. The molecule has 0 spiro atoms. The Kier molecular flexibility index (Phi) is 5.82. The van der Waals surface area contributed by atoms with Crippen LogP contribution in [0.5, 0.6) is 0 Å². The molecular weight excluding hydrogens is 410 g/mol. The van der Waals surface area contributed by atoms with Crippen LogP contribution in [0.1, 0.15) is 10.4 Å². The lowest BCUT2D eigenvalue weighted by atomic mass is 10.1. The maximum absolute atomic E-state index is 13.0. The summed E-state index contributed by atoms with van der Waals surface area (Å²) in [5, 5.41) is 10.6. The van der Waals surface area contributed by atoms with Crippen LogP contribution in [0, 0.1) is 0 Å². The van der Waals surface area contributed by atoms with Gasteiger partial charge in [0.05, 0.1) is 25.1 Å². The normalized spacial score (nSPS) is 17.1. The lowest BCUT2D eigenvalue weighted by Crippen LogP contribution is -2.49. The fourth-order valence-corrected chi connectivity index (χ4v) is 4.77. The van der Waals surface area contributed by atoms with Crippen LogP contribution in [0.4, 0.5) is 11.5 Å². The van der Waals surface area contributed by atoms with Crippen molar-refractivity contribution in [2.45, 2.75) is 0 Å². The predicted octanol–water partition coefficient (Wildman–Crippen LogP) is 3.00. The van der Waals surface area contributed by atoms with Gasteiger partial charge in [-0.1, -0.05) is 18.2 Å². The number of anilines is 2. The Morgan fingerprint density at radius 3 is 2.42 bits per heavy atom. The van der Waals surface area contributed by atoms with Crippen molar-refractivity contribution in [2.75, 3.05) is 62.3 Å². The highest BCUT2D eigenvalue weighted by molar-refractivity contribution is 7.13. The Balaban J connectivity index is 1.21. The number of piperazine rings is 1. The van der Waals surface area contributed by atoms with Crippen LogP contribution < -0.4 is 9.80 Å². The molecular formula is C23H25N5O2S. The molecule has 2 aliphatic heterocycles. The number of nitrogens with zero attached hydrogens (tertiary/aromatic N) is 5. The molecule has 0 bridgehead atoms. The van der Waals surface area contributed by atoms with Crippen molar-refractivity contribution in [2.24, 2.45) is 0 Å². The second-order valence-corrected chi connectivity index (χ2v) is 8.65. The summed E-state index contributed by atoms with van der Waals surface area (Å²) < 4.78 is 5.44. The van der Waals surface area contributed by atoms with Gasteiger partial charge in [-0.15, -0.1) is 16.4 Å². The van der Waals surface area contributed by atoms with E-state index in [0.29, 0.717) is 13.1 Å². The van der Waals surface area contributed by atoms with Crippen LogP contribution >= 0.6 is 11.3 Å². The average Bonchev–Trinajstić information content (AvgIpc) is 3.40. The van der Waals surface area contributed by atoms with Gasteiger partial charge in [-0.25, -0.2) is 0 Å². The van der Waals surface area contributed by atoms with Crippen LogP contribution in [0.25, 0.3) is 10.4 Å². The number of amides is 1. The van der Waals surface area contributed by atoms with E-state index in [1.807, 2.05) is 41.4 Å². The molecule has 2 aliphatic rings. The van der Waals surface area contributed by atoms with Crippen LogP contribution in [-0.2, 0) is 4.74 Å². The molecule has 3 aromatic rings. The third-order valence-electron chi connectivity index (χ3n) is 5.83. The van der Waals surface area contributed by atoms with E-state index in [0.717, 1.165) is 62.0 Å². The summed E-state index contributed by atoms with van der Waals surface area (Å²) in [5.74, 6) is 0.960. The first kappa shape index (κ1) is 20.0. The summed E-state index contributed by atoms with van der Waals surface area (Å²) in [6.07, 6.45) is 1.81. The van der Waals surface area contributed by atoms with Crippen molar-refractivity contribution in [1.29, 1.82) is 0 Å². The highest BCUT2D eigenvalue weighted by atomic mass is 32.1. The summed E-state index contributed by atoms with van der Waals surface area (Å²) in [7, 11) is 0. The van der Waals surface area contributed by atoms with Gasteiger partial charge in [-0.05, 0) is 29.1 Å². The Bertz CT molecular complexity index is 1010. The number of carbonyl (C=O) groups is 1. The van der Waals surface area contributed by atoms with E-state index in [1.165, 1.54) is 4.88 Å². The fraction of sp³-hybridized carbons (Fsp3) is 0.348. The first-order chi connectivity index (χ1) is 15.3. The highest BCUT2D eigenvalue weighted by Crippen LogP contribution is 2.25. The van der Waals surface area contributed by atoms with E-state index >= 15 is 0 Å². The lowest BCUT2D eigenvalue weighted by molar-refractivity contribution is 0.0746. The molecule has 31 heavy (non-hydrogen) atoms. The topological polar surface area (TPSA) is 61.8 Å². The minimum Gasteiger partial charge on any atom is -0.378 e. The molecule has 0 saturated carbocycles. The Labute approximate surface area is 185 Å². The molecule has 7 nitrogen and oxygen atoms in total. The predicted molar refractivity (Wildman–Crippen MR) is 123 cm³/mol. The first-order valence-electron chi connectivity index (χ1n) is 10.6. The molecule has 0 radical (unpaired) electrons. The molecule has 1 aromatic carbocycles. The number of benzene rings is 1. The number of hydrogen-bond acceptors (Lipinski definition) is 7. The third kappa shape index (κ3) is 4.40. The van der Waals surface area contributed by atoms with Gasteiger partial charge in [0.1, 0.15) is 0 Å². The van der Waals surface area contributed by atoms with Crippen molar-refractivity contribution < 1.29 is 9.53 Å². The number of morpholine rings is 1. The average molecular weight is 436 g/mol. The molecule has 5 rings (SSSR count). The van der Waals surface area contributed by atoms with Crippen LogP contribution in [-0.4, -0.2) is 73.5 Å². The van der Waals surface area contributed by atoms with Crippen LogP contribution in [0.15, 0.2) is 54.0 Å². The summed E-state index contributed by atoms with van der Waals surface area (Å²) in [4.78, 5) is 20.6. The van der Waals surface area contributed by atoms with Crippen molar-refractivity contribution in [3.8, 4) is 10.4 Å². The molecule has 0 atom stereocenters. The van der Waals surface area contributed by atoms with E-state index in [4.69, 9.17) is 4.74 Å². The number of ether oxygens (including phenoxy) is 1. The van der Waals surface area contributed by atoms with Crippen LogP contribution in [0.2, 0.25) is 0 Å². The number of hydrogen-bond donors (Lipinski definition) is 0. The second-order valence-electron chi connectivity index (χ2n) is 7.71. The molecule has 8 heteroatoms. The van der Waals surface area contributed by atoms with Crippen molar-refractivity contribution in [3.63, 3.8) is 0 Å². The first-order valence-corrected chi connectivity index (χ1v) is 11.5. The van der Waals surface area contributed by atoms with E-state index in [1.54, 1.807) is 11.3 Å². The summed E-state index contributed by atoms with van der Waals surface area (Å²) in [6, 6.07) is 14.2. The Morgan fingerprint density at radius 2 is 1.71 bits per heavy atom. The number of rotatable bonds is 4. The van der Waals surface area contributed by atoms with Crippen LogP contribution in [0.3, 0.4) is 0 Å². The fourth-order valence-electron chi connectivity index (χ4n) is 4.04. The zero-order valence-corrected chi connectivity index (χ0v) is 18.1. The number of thiophene rings is 1. The zero-order valence-electron chi connectivity index (χ0n) is 17.3. The van der Waals surface area contributed by atoms with E-state index in [-0.39, 0.29) is 5.91 Å². The second kappa shape index (κ2) is 9.03. The van der Waals surface area contributed by atoms with Gasteiger partial charge in [0.15, 0.2) is 5.82 Å². The molecule has 0 aliphatic carbocycles. The third-order valence-corrected chi connectivity index (χ3v) is 6.75. The van der Waals surface area contributed by atoms with Gasteiger partial charge in [0.2, 0.25) is 0 Å². The lowest BCUT2D eigenvalue weighted by Gasteiger charge is -2.36. The van der Waals surface area contributed by atoms with Gasteiger partial charge in [-0.2, -0.15) is 5.10 Å². The quantitative estimate of drug-likeness (QED) is 0.628. The Morgan fingerprint density at radius 1 is 0.935 bits per heavy atom. The maximum Gasteiger partial charge on any atom is 0.253 e. The summed E-state index contributed by atoms with van der Waals surface area (Å²) >= 11 is 1.71. The standard InChI is InChI=1S/C23H25N5O2S/c29-23(19-5-3-18(4-6-19)21-2-1-15-31-21)28-9-7-27(8-10-28)22-16-20(17-24-25-22)26-11-13-30-14-12-26/h1-6,15-17H,7-14H2. The summed E-state index contributed by atoms with van der Waals surface area (Å²) in [5.41, 5.74) is 2.97. The van der Waals surface area contributed by atoms with E-state index in [2.05, 4.69) is 37.5 Å². The maximum atomic E-state index is 13.0. The smallest absolute Gasteiger partial charge is 0.253 e. The molecule has 0 N–H and O–H groups in total. The zero-order chi connectivity index (χ0) is 21.0. The van der Waals surface area contributed by atoms with E-state index in [9.17, 15) is 4.79 Å². The minimum absolute atomic E-state index is 0.0885. The number of carbonyl (C=O) groups excluding carboxylic acids is 1. The molecule has 2 saturated heterocycles. The SMILES string of the molecule is O=C(c1ccc(-c2cccs2)cc1)N1CCN(c2cc(N3CCOCC3)cnn2)CC1. The minimum atomic E-state index is 0.0885. The molecule has 160 valence electrons. The highest BCUT2D eigenvalue weighted by Gasteiger charge is 2.24. The molecule has 2 aromatic heterocycles. The van der Waals surface area contributed by atoms with Crippen molar-refractivity contribution in [3.05, 3.63) is 59.6 Å². The van der Waals surface area contributed by atoms with Gasteiger partial charge in [-0.3, -0.25) is 4.79 Å². The van der Waals surface area contributed by atoms with Gasteiger partial charge >= 0.3 is 0 Å². The molecule has 4 heterocycles. The summed E-state index contributed by atoms with van der Waals surface area (Å²) in [6.45, 7) is 6.08. The molecule has 0 unspecified atom stereocenters. The van der Waals surface area contributed by atoms with Gasteiger partial charge in [0, 0.05) is 55.8 Å². The molecule has 2 fully saturated rings. The van der Waals surface area contributed by atoms with Gasteiger partial charge < -0.3 is 19.4 Å². The van der Waals surface area contributed by atoms with E-state index < -0.39 is 0 Å². The van der Waals surface area contributed by atoms with Crippen molar-refractivity contribution in [1.82, 2.24) is 15.1 Å². The largest absolute Gasteiger partial charge is 0.378 e. The monoisotopic (exact) mass is 435 g/mol.